The van der Waals surface area contributed by atoms with E-state index in [9.17, 15) is 9.59 Å². The fourth-order valence-electron chi connectivity index (χ4n) is 4.46. The molecule has 0 spiro atoms. The number of carbonyl (C=O) groups excluding carboxylic acids is 2. The molecule has 2 unspecified atom stereocenters. The predicted molar refractivity (Wildman–Crippen MR) is 110 cm³/mol. The van der Waals surface area contributed by atoms with Crippen molar-refractivity contribution in [2.24, 2.45) is 5.92 Å². The Labute approximate surface area is 168 Å². The van der Waals surface area contributed by atoms with Crippen LogP contribution in [0.15, 0.2) is 24.3 Å². The van der Waals surface area contributed by atoms with Crippen molar-refractivity contribution in [1.82, 2.24) is 10.2 Å². The Balaban J connectivity index is 1.53. The van der Waals surface area contributed by atoms with E-state index < -0.39 is 6.09 Å². The Kier molecular flexibility index (Phi) is 6.01. The Morgan fingerprint density at radius 1 is 1.11 bits per heavy atom. The fourth-order valence-corrected chi connectivity index (χ4v) is 4.46. The van der Waals surface area contributed by atoms with Gasteiger partial charge >= 0.3 is 6.09 Å². The summed E-state index contributed by atoms with van der Waals surface area (Å²) in [5.41, 5.74) is 2.92. The predicted octanol–water partition coefficient (Wildman–Crippen LogP) is 4.21. The molecular weight excluding hydrogens is 352 g/mol. The summed E-state index contributed by atoms with van der Waals surface area (Å²) in [4.78, 5) is 26.2. The number of rotatable bonds is 3. The molecular formula is C23H34N2O3. The number of likely N-dealkylation sites (tertiary alicyclic amines) is 1. The average Bonchev–Trinajstić information content (AvgIpc) is 2.63. The Morgan fingerprint density at radius 3 is 2.29 bits per heavy atom. The van der Waals surface area contributed by atoms with Crippen molar-refractivity contribution in [2.75, 3.05) is 13.7 Å². The van der Waals surface area contributed by atoms with E-state index in [0.717, 1.165) is 32.2 Å². The zero-order valence-corrected chi connectivity index (χ0v) is 17.8. The Morgan fingerprint density at radius 2 is 1.75 bits per heavy atom. The van der Waals surface area contributed by atoms with Gasteiger partial charge in [-0.2, -0.15) is 0 Å². The molecule has 5 heteroatoms. The van der Waals surface area contributed by atoms with E-state index in [1.165, 1.54) is 18.2 Å². The molecule has 1 aliphatic heterocycles. The molecule has 1 aromatic carbocycles. The minimum atomic E-state index is -0.414. The van der Waals surface area contributed by atoms with Gasteiger partial charge in [0.15, 0.2) is 0 Å². The molecule has 1 saturated carbocycles. The minimum absolute atomic E-state index is 0.0345. The summed E-state index contributed by atoms with van der Waals surface area (Å²) >= 11 is 0. The first-order chi connectivity index (χ1) is 13.2. The lowest BCUT2D eigenvalue weighted by Crippen LogP contribution is -2.53. The van der Waals surface area contributed by atoms with Crippen LogP contribution in [0.4, 0.5) is 4.79 Å². The maximum absolute atomic E-state index is 12.9. The Hall–Kier alpha value is -2.04. The molecule has 2 atom stereocenters. The van der Waals surface area contributed by atoms with Crippen molar-refractivity contribution in [3.63, 3.8) is 0 Å². The number of piperidine rings is 1. The molecule has 2 aliphatic rings. The molecule has 1 heterocycles. The van der Waals surface area contributed by atoms with E-state index in [4.69, 9.17) is 0 Å². The van der Waals surface area contributed by atoms with Crippen LogP contribution in [-0.2, 0) is 14.9 Å². The summed E-state index contributed by atoms with van der Waals surface area (Å²) in [6.07, 6.45) is 3.05. The first-order valence-corrected chi connectivity index (χ1v) is 10.4. The summed E-state index contributed by atoms with van der Waals surface area (Å²) in [7, 11) is 1.36. The average molecular weight is 387 g/mol. The molecule has 2 fully saturated rings. The molecule has 0 bridgehead atoms. The SMILES string of the molecule is COC(=O)NC1CC(C(=O)N2CCC(c3ccc(C(C)(C)C)cc3)CC2C)C1. The number of carbonyl (C=O) groups is 2. The largest absolute Gasteiger partial charge is 0.453 e. The summed E-state index contributed by atoms with van der Waals surface area (Å²) in [6.45, 7) is 9.69. The topological polar surface area (TPSA) is 58.6 Å². The lowest BCUT2D eigenvalue weighted by molar-refractivity contribution is -0.142. The van der Waals surface area contributed by atoms with Gasteiger partial charge in [0.25, 0.3) is 0 Å². The van der Waals surface area contributed by atoms with Gasteiger partial charge in [0.1, 0.15) is 0 Å². The zero-order valence-electron chi connectivity index (χ0n) is 17.8. The lowest BCUT2D eigenvalue weighted by Gasteiger charge is -2.43. The van der Waals surface area contributed by atoms with Gasteiger partial charge in [-0.25, -0.2) is 4.79 Å². The maximum atomic E-state index is 12.9. The molecule has 5 nitrogen and oxygen atoms in total. The number of amides is 2. The van der Waals surface area contributed by atoms with Crippen LogP contribution in [0.25, 0.3) is 0 Å². The first-order valence-electron chi connectivity index (χ1n) is 10.4. The van der Waals surface area contributed by atoms with Gasteiger partial charge < -0.3 is 15.0 Å². The van der Waals surface area contributed by atoms with Crippen LogP contribution in [0.5, 0.6) is 0 Å². The van der Waals surface area contributed by atoms with Crippen LogP contribution >= 0.6 is 0 Å². The van der Waals surface area contributed by atoms with Gasteiger partial charge in [-0.05, 0) is 55.1 Å². The van der Waals surface area contributed by atoms with Crippen LogP contribution in [0.3, 0.4) is 0 Å². The van der Waals surface area contributed by atoms with Gasteiger partial charge in [0.2, 0.25) is 5.91 Å². The third-order valence-corrected chi connectivity index (χ3v) is 6.40. The molecule has 2 amide bonds. The summed E-state index contributed by atoms with van der Waals surface area (Å²) in [5, 5.41) is 2.78. The molecule has 1 aromatic rings. The van der Waals surface area contributed by atoms with E-state index in [1.54, 1.807) is 0 Å². The van der Waals surface area contributed by atoms with Gasteiger partial charge in [-0.1, -0.05) is 45.0 Å². The zero-order chi connectivity index (χ0) is 20.5. The second-order valence-corrected chi connectivity index (χ2v) is 9.48. The van der Waals surface area contributed by atoms with Crippen molar-refractivity contribution in [1.29, 1.82) is 0 Å². The van der Waals surface area contributed by atoms with Crippen LogP contribution in [-0.4, -0.2) is 42.6 Å². The van der Waals surface area contributed by atoms with E-state index >= 15 is 0 Å². The number of benzene rings is 1. The highest BCUT2D eigenvalue weighted by Gasteiger charge is 2.40. The molecule has 28 heavy (non-hydrogen) atoms. The summed E-state index contributed by atoms with van der Waals surface area (Å²) in [6, 6.07) is 9.35. The minimum Gasteiger partial charge on any atom is -0.453 e. The van der Waals surface area contributed by atoms with Crippen molar-refractivity contribution in [3.8, 4) is 0 Å². The standard InChI is InChI=1S/C23H34N2O3/c1-15-12-17(16-6-8-19(9-7-16)23(2,3)4)10-11-25(15)21(26)18-13-20(14-18)24-22(27)28-5/h6-9,15,17-18,20H,10-14H2,1-5H3,(H,24,27). The second-order valence-electron chi connectivity index (χ2n) is 9.48. The van der Waals surface area contributed by atoms with E-state index in [-0.39, 0.29) is 29.3 Å². The molecule has 0 aromatic heterocycles. The number of ether oxygens (including phenoxy) is 1. The van der Waals surface area contributed by atoms with Crippen LogP contribution in [0.2, 0.25) is 0 Å². The molecule has 1 aliphatic carbocycles. The third-order valence-electron chi connectivity index (χ3n) is 6.40. The fraction of sp³-hybridized carbons (Fsp3) is 0.652. The molecule has 1 N–H and O–H groups in total. The van der Waals surface area contributed by atoms with Crippen LogP contribution in [0, 0.1) is 5.92 Å². The molecule has 154 valence electrons. The number of hydrogen-bond acceptors (Lipinski definition) is 3. The van der Waals surface area contributed by atoms with Crippen molar-refractivity contribution >= 4 is 12.0 Å². The normalized spacial score (nSPS) is 27.7. The van der Waals surface area contributed by atoms with Gasteiger partial charge in [-0.15, -0.1) is 0 Å². The number of alkyl carbamates (subject to hydrolysis) is 1. The highest BCUT2D eigenvalue weighted by atomic mass is 16.5. The van der Waals surface area contributed by atoms with Crippen molar-refractivity contribution in [2.45, 2.75) is 76.8 Å². The summed E-state index contributed by atoms with van der Waals surface area (Å²) < 4.78 is 4.62. The van der Waals surface area contributed by atoms with Crippen LogP contribution < -0.4 is 5.32 Å². The number of nitrogens with one attached hydrogen (secondary N) is 1. The maximum Gasteiger partial charge on any atom is 0.407 e. The number of hydrogen-bond donors (Lipinski definition) is 1. The van der Waals surface area contributed by atoms with Gasteiger partial charge in [0.05, 0.1) is 7.11 Å². The molecule has 0 radical (unpaired) electrons. The first kappa shape index (κ1) is 20.7. The van der Waals surface area contributed by atoms with E-state index in [2.05, 4.69) is 66.9 Å². The number of methoxy groups -OCH3 is 1. The molecule has 3 rings (SSSR count). The van der Waals surface area contributed by atoms with Gasteiger partial charge in [0, 0.05) is 24.5 Å². The van der Waals surface area contributed by atoms with Gasteiger partial charge in [-0.3, -0.25) is 4.79 Å². The highest BCUT2D eigenvalue weighted by Crippen LogP contribution is 2.36. The van der Waals surface area contributed by atoms with E-state index in [1.807, 2.05) is 0 Å². The quantitative estimate of drug-likeness (QED) is 0.846. The Bertz CT molecular complexity index is 702. The highest BCUT2D eigenvalue weighted by molar-refractivity contribution is 5.80. The second kappa shape index (κ2) is 8.14. The summed E-state index contributed by atoms with van der Waals surface area (Å²) in [5.74, 6) is 0.798. The smallest absolute Gasteiger partial charge is 0.407 e. The van der Waals surface area contributed by atoms with Crippen molar-refractivity contribution < 1.29 is 14.3 Å². The number of nitrogens with zero attached hydrogens (tertiary/aromatic N) is 1. The monoisotopic (exact) mass is 386 g/mol. The lowest BCUT2D eigenvalue weighted by atomic mass is 9.77. The van der Waals surface area contributed by atoms with Crippen molar-refractivity contribution in [3.05, 3.63) is 35.4 Å². The van der Waals surface area contributed by atoms with E-state index in [0.29, 0.717) is 5.92 Å². The van der Waals surface area contributed by atoms with Crippen LogP contribution in [0.1, 0.15) is 70.4 Å². The molecule has 1 saturated heterocycles. The third kappa shape index (κ3) is 4.50.